The van der Waals surface area contributed by atoms with Gasteiger partial charge in [-0.3, -0.25) is 0 Å². The lowest BCUT2D eigenvalue weighted by Crippen LogP contribution is -2.00. The minimum Gasteiger partial charge on any atom is -0.456 e. The number of benzene rings is 8. The van der Waals surface area contributed by atoms with E-state index >= 15 is 0 Å². The van der Waals surface area contributed by atoms with Gasteiger partial charge in [-0.1, -0.05) is 146 Å². The average molecular weight is 734 g/mol. The van der Waals surface area contributed by atoms with Crippen LogP contribution in [0, 0.1) is 0 Å². The summed E-state index contributed by atoms with van der Waals surface area (Å²) in [5.41, 5.74) is 11.7. The van der Waals surface area contributed by atoms with Crippen LogP contribution in [0.4, 0.5) is 0 Å². The Kier molecular flexibility index (Phi) is 7.64. The Morgan fingerprint density at radius 1 is 0.339 bits per heavy atom. The van der Waals surface area contributed by atoms with Crippen molar-refractivity contribution in [1.29, 1.82) is 0 Å². The van der Waals surface area contributed by atoms with E-state index in [2.05, 4.69) is 127 Å². The molecule has 0 atom stereocenters. The average Bonchev–Trinajstić information content (AvgIpc) is 3.85. The van der Waals surface area contributed by atoms with Crippen LogP contribution in [-0.2, 0) is 0 Å². The summed E-state index contributed by atoms with van der Waals surface area (Å²) in [6.45, 7) is 0. The van der Waals surface area contributed by atoms with Crippen molar-refractivity contribution in [3.05, 3.63) is 188 Å². The maximum atomic E-state index is 6.26. The number of rotatable bonds is 6. The fourth-order valence-electron chi connectivity index (χ4n) is 7.84. The van der Waals surface area contributed by atoms with E-state index in [1.54, 1.807) is 11.3 Å². The third-order valence-corrected chi connectivity index (χ3v) is 11.8. The largest absolute Gasteiger partial charge is 0.456 e. The van der Waals surface area contributed by atoms with Gasteiger partial charge >= 0.3 is 0 Å². The quantitative estimate of drug-likeness (QED) is 0.171. The van der Waals surface area contributed by atoms with Crippen LogP contribution in [0.25, 0.3) is 110 Å². The van der Waals surface area contributed by atoms with Crippen LogP contribution in [0.5, 0.6) is 0 Å². The zero-order valence-electron chi connectivity index (χ0n) is 30.1. The van der Waals surface area contributed by atoms with Crippen molar-refractivity contribution in [2.45, 2.75) is 0 Å². The van der Waals surface area contributed by atoms with Crippen LogP contribution < -0.4 is 0 Å². The van der Waals surface area contributed by atoms with Crippen molar-refractivity contribution in [3.8, 4) is 67.5 Å². The second-order valence-corrected chi connectivity index (χ2v) is 15.0. The summed E-state index contributed by atoms with van der Waals surface area (Å²) in [7, 11) is 0. The van der Waals surface area contributed by atoms with E-state index in [-0.39, 0.29) is 0 Å². The van der Waals surface area contributed by atoms with Gasteiger partial charge in [-0.05, 0) is 75.8 Å². The number of thiophene rings is 1. The molecule has 0 radical (unpaired) electrons. The summed E-state index contributed by atoms with van der Waals surface area (Å²) < 4.78 is 8.62. The van der Waals surface area contributed by atoms with Crippen LogP contribution in [0.2, 0.25) is 0 Å². The minimum absolute atomic E-state index is 0.612. The Morgan fingerprint density at radius 3 is 1.61 bits per heavy atom. The molecule has 0 unspecified atom stereocenters. The van der Waals surface area contributed by atoms with Gasteiger partial charge in [-0.25, -0.2) is 15.0 Å². The first kappa shape index (κ1) is 32.2. The summed E-state index contributed by atoms with van der Waals surface area (Å²) >= 11 is 1.78. The topological polar surface area (TPSA) is 51.8 Å². The van der Waals surface area contributed by atoms with E-state index in [0.29, 0.717) is 17.5 Å². The van der Waals surface area contributed by atoms with Gasteiger partial charge in [0.05, 0.1) is 0 Å². The molecule has 4 nitrogen and oxygen atoms in total. The lowest BCUT2D eigenvalue weighted by atomic mass is 9.95. The van der Waals surface area contributed by atoms with Crippen molar-refractivity contribution in [2.24, 2.45) is 0 Å². The smallest absolute Gasteiger partial charge is 0.165 e. The first-order valence-electron chi connectivity index (χ1n) is 18.7. The molecule has 5 heteroatoms. The molecule has 262 valence electrons. The third kappa shape index (κ3) is 5.56. The predicted molar refractivity (Wildman–Crippen MR) is 233 cm³/mol. The fraction of sp³-hybridized carbons (Fsp3) is 0. The summed E-state index contributed by atoms with van der Waals surface area (Å²) in [6.07, 6.45) is 0. The van der Waals surface area contributed by atoms with Gasteiger partial charge in [0.2, 0.25) is 0 Å². The molecule has 11 rings (SSSR count). The second kappa shape index (κ2) is 13.3. The predicted octanol–water partition coefficient (Wildman–Crippen LogP) is 14.1. The molecule has 0 aliphatic heterocycles. The molecule has 11 aromatic rings. The molecule has 3 heterocycles. The molecule has 0 aliphatic carbocycles. The molecular weight excluding hydrogens is 703 g/mol. The van der Waals surface area contributed by atoms with Crippen molar-refractivity contribution in [1.82, 2.24) is 15.0 Å². The number of hydrogen-bond acceptors (Lipinski definition) is 5. The maximum absolute atomic E-state index is 6.26. The zero-order chi connectivity index (χ0) is 37.0. The summed E-state index contributed by atoms with van der Waals surface area (Å²) in [5, 5.41) is 4.44. The lowest BCUT2D eigenvalue weighted by molar-refractivity contribution is 0.669. The van der Waals surface area contributed by atoms with Gasteiger partial charge in [0.25, 0.3) is 0 Å². The third-order valence-electron chi connectivity index (χ3n) is 10.5. The molecule has 0 amide bonds. The maximum Gasteiger partial charge on any atom is 0.165 e. The van der Waals surface area contributed by atoms with Gasteiger partial charge in [0.15, 0.2) is 17.5 Å². The highest BCUT2D eigenvalue weighted by atomic mass is 32.1. The van der Waals surface area contributed by atoms with E-state index in [1.807, 2.05) is 60.7 Å². The standard InChI is InChI=1S/C51H31N3OS/c1-3-13-32(14-4-1)34-17-9-18-35(29-34)36-19-10-20-37(30-36)38-27-28-46-43(31-38)39-22-11-24-42(48(39)56-46)51-53-49(33-15-5-2-6-16-33)52-50(54-51)41-23-12-26-45-47(41)40-21-7-8-25-44(40)55-45/h1-31H. The normalized spacial score (nSPS) is 11.6. The first-order chi connectivity index (χ1) is 27.7. The van der Waals surface area contributed by atoms with E-state index in [1.165, 1.54) is 48.9 Å². The number of furan rings is 1. The van der Waals surface area contributed by atoms with E-state index in [4.69, 9.17) is 19.4 Å². The van der Waals surface area contributed by atoms with Crippen LogP contribution >= 0.6 is 11.3 Å². The van der Waals surface area contributed by atoms with Crippen LogP contribution in [0.15, 0.2) is 192 Å². The number of nitrogens with zero attached hydrogens (tertiary/aromatic N) is 3. The van der Waals surface area contributed by atoms with Crippen LogP contribution in [0.1, 0.15) is 0 Å². The van der Waals surface area contributed by atoms with E-state index in [0.717, 1.165) is 43.3 Å². The van der Waals surface area contributed by atoms with Gasteiger partial charge in [0, 0.05) is 47.6 Å². The van der Waals surface area contributed by atoms with Crippen molar-refractivity contribution in [2.75, 3.05) is 0 Å². The molecule has 0 saturated heterocycles. The van der Waals surface area contributed by atoms with Crippen molar-refractivity contribution < 1.29 is 4.42 Å². The van der Waals surface area contributed by atoms with Gasteiger partial charge in [-0.2, -0.15) is 0 Å². The van der Waals surface area contributed by atoms with Crippen molar-refractivity contribution >= 4 is 53.4 Å². The molecule has 0 aliphatic rings. The molecule has 3 aromatic heterocycles. The molecular formula is C51H31N3OS. The Morgan fingerprint density at radius 2 is 0.857 bits per heavy atom. The first-order valence-corrected chi connectivity index (χ1v) is 19.5. The van der Waals surface area contributed by atoms with Gasteiger partial charge in [0.1, 0.15) is 11.2 Å². The lowest BCUT2D eigenvalue weighted by Gasteiger charge is -2.10. The van der Waals surface area contributed by atoms with Crippen molar-refractivity contribution in [3.63, 3.8) is 0 Å². The summed E-state index contributed by atoms with van der Waals surface area (Å²) in [5.74, 6) is 1.88. The Bertz CT molecular complexity index is 3260. The fourth-order valence-corrected chi connectivity index (χ4v) is 9.03. The molecule has 0 spiro atoms. The van der Waals surface area contributed by atoms with E-state index < -0.39 is 0 Å². The van der Waals surface area contributed by atoms with Gasteiger partial charge in [-0.15, -0.1) is 11.3 Å². The molecule has 56 heavy (non-hydrogen) atoms. The molecule has 0 bridgehead atoms. The highest BCUT2D eigenvalue weighted by molar-refractivity contribution is 7.26. The Balaban J connectivity index is 1.04. The van der Waals surface area contributed by atoms with Crippen LogP contribution in [0.3, 0.4) is 0 Å². The Hall–Kier alpha value is -7.21. The molecule has 0 saturated carbocycles. The second-order valence-electron chi connectivity index (χ2n) is 14.0. The summed E-state index contributed by atoms with van der Waals surface area (Å²) in [4.78, 5) is 15.5. The zero-order valence-corrected chi connectivity index (χ0v) is 30.9. The van der Waals surface area contributed by atoms with Crippen LogP contribution in [-0.4, -0.2) is 15.0 Å². The number of para-hydroxylation sites is 1. The SMILES string of the molecule is c1ccc(-c2cccc(-c3cccc(-c4ccc5sc6c(-c7nc(-c8ccccc8)nc(-c8cccc9oc%10ccccc%10c89)n7)cccc6c5c4)c3)c2)cc1. The highest BCUT2D eigenvalue weighted by Gasteiger charge is 2.20. The molecule has 8 aromatic carbocycles. The molecule has 0 N–H and O–H groups in total. The minimum atomic E-state index is 0.612. The Labute approximate surface area is 327 Å². The van der Waals surface area contributed by atoms with Gasteiger partial charge < -0.3 is 4.42 Å². The number of fused-ring (bicyclic) bond motifs is 6. The summed E-state index contributed by atoms with van der Waals surface area (Å²) in [6, 6.07) is 65.8. The highest BCUT2D eigenvalue weighted by Crippen LogP contribution is 2.42. The number of aromatic nitrogens is 3. The van der Waals surface area contributed by atoms with E-state index in [9.17, 15) is 0 Å². The monoisotopic (exact) mass is 733 g/mol. The molecule has 0 fully saturated rings. The number of hydrogen-bond donors (Lipinski definition) is 0.